The van der Waals surface area contributed by atoms with Gasteiger partial charge in [-0.25, -0.2) is 4.98 Å². The number of nitrogens with zero attached hydrogens (tertiary/aromatic N) is 2. The van der Waals surface area contributed by atoms with Crippen molar-refractivity contribution in [2.24, 2.45) is 0 Å². The van der Waals surface area contributed by atoms with Crippen LogP contribution >= 0.6 is 11.6 Å². The molecule has 0 aliphatic rings. The lowest BCUT2D eigenvalue weighted by Crippen LogP contribution is -1.96. The monoisotopic (exact) mass is 244 g/mol. The van der Waals surface area contributed by atoms with Gasteiger partial charge in [-0.05, 0) is 30.3 Å². The predicted octanol–water partition coefficient (Wildman–Crippen LogP) is 2.93. The zero-order chi connectivity index (χ0) is 12.3. The summed E-state index contributed by atoms with van der Waals surface area (Å²) in [5.41, 5.74) is 7.62. The van der Waals surface area contributed by atoms with Crippen molar-refractivity contribution in [1.82, 2.24) is 4.98 Å². The fraction of sp³-hybridized carbons (Fsp3) is 0. The number of rotatable bonds is 2. The summed E-state index contributed by atoms with van der Waals surface area (Å²) in [6.07, 6.45) is 0. The Balaban J connectivity index is 2.22. The Morgan fingerprint density at radius 3 is 2.53 bits per heavy atom. The van der Waals surface area contributed by atoms with Gasteiger partial charge in [-0.3, -0.25) is 0 Å². The Morgan fingerprint density at radius 1 is 1.24 bits per heavy atom. The van der Waals surface area contributed by atoms with E-state index in [1.807, 2.05) is 0 Å². The molecule has 84 valence electrons. The summed E-state index contributed by atoms with van der Waals surface area (Å²) in [6.45, 7) is 0. The van der Waals surface area contributed by atoms with E-state index in [9.17, 15) is 0 Å². The normalized spacial score (nSPS) is 9.65. The molecule has 17 heavy (non-hydrogen) atoms. The number of nitrogens with two attached hydrogens (primary N) is 1. The van der Waals surface area contributed by atoms with Gasteiger partial charge in [-0.2, -0.15) is 5.26 Å². The molecule has 0 aliphatic carbocycles. The molecule has 0 aliphatic heterocycles. The molecule has 3 N–H and O–H groups in total. The lowest BCUT2D eigenvalue weighted by molar-refractivity contribution is 1.31. The van der Waals surface area contributed by atoms with E-state index >= 15 is 0 Å². The maximum atomic E-state index is 8.67. The summed E-state index contributed by atoms with van der Waals surface area (Å²) < 4.78 is 0. The molecule has 0 unspecified atom stereocenters. The average Bonchev–Trinajstić information content (AvgIpc) is 2.28. The van der Waals surface area contributed by atoms with Crippen LogP contribution in [0, 0.1) is 11.3 Å². The second-order valence-corrected chi connectivity index (χ2v) is 3.81. The third-order valence-corrected chi connectivity index (χ3v) is 2.30. The summed E-state index contributed by atoms with van der Waals surface area (Å²) in [5, 5.41) is 12.1. The van der Waals surface area contributed by atoms with Gasteiger partial charge in [-0.15, -0.1) is 0 Å². The summed E-state index contributed by atoms with van der Waals surface area (Å²) >= 11 is 5.79. The van der Waals surface area contributed by atoms with Gasteiger partial charge in [0, 0.05) is 17.4 Å². The molecular weight excluding hydrogens is 236 g/mol. The minimum absolute atomic E-state index is 0.334. The SMILES string of the molecule is N#Cc1ccc(Nc2cc(N)cc(Cl)n2)cc1. The maximum absolute atomic E-state index is 8.67. The molecule has 0 saturated carbocycles. The molecule has 5 heteroatoms. The predicted molar refractivity (Wildman–Crippen MR) is 68.1 cm³/mol. The minimum Gasteiger partial charge on any atom is -0.399 e. The molecule has 0 atom stereocenters. The van der Waals surface area contributed by atoms with Crippen molar-refractivity contribution in [3.63, 3.8) is 0 Å². The number of benzene rings is 1. The summed E-state index contributed by atoms with van der Waals surface area (Å²) in [5.74, 6) is 0.569. The lowest BCUT2D eigenvalue weighted by atomic mass is 10.2. The molecule has 0 saturated heterocycles. The summed E-state index contributed by atoms with van der Waals surface area (Å²) in [7, 11) is 0. The molecule has 2 rings (SSSR count). The Labute approximate surface area is 104 Å². The first kappa shape index (κ1) is 11.2. The number of aromatic nitrogens is 1. The largest absolute Gasteiger partial charge is 0.399 e. The van der Waals surface area contributed by atoms with Crippen molar-refractivity contribution < 1.29 is 0 Å². The van der Waals surface area contributed by atoms with Crippen LogP contribution in [0.4, 0.5) is 17.2 Å². The van der Waals surface area contributed by atoms with E-state index in [0.717, 1.165) is 5.69 Å². The molecule has 1 aromatic heterocycles. The smallest absolute Gasteiger partial charge is 0.134 e. The van der Waals surface area contributed by atoms with Crippen molar-refractivity contribution in [1.29, 1.82) is 5.26 Å². The molecule has 0 fully saturated rings. The van der Waals surface area contributed by atoms with E-state index < -0.39 is 0 Å². The number of hydrogen-bond acceptors (Lipinski definition) is 4. The molecule has 0 spiro atoms. The van der Waals surface area contributed by atoms with Crippen molar-refractivity contribution in [3.8, 4) is 6.07 Å². The van der Waals surface area contributed by atoms with Gasteiger partial charge < -0.3 is 11.1 Å². The van der Waals surface area contributed by atoms with E-state index in [0.29, 0.717) is 22.2 Å². The zero-order valence-corrected chi connectivity index (χ0v) is 9.57. The van der Waals surface area contributed by atoms with Crippen LogP contribution in [0.5, 0.6) is 0 Å². The second-order valence-electron chi connectivity index (χ2n) is 3.42. The summed E-state index contributed by atoms with van der Waals surface area (Å²) in [4.78, 5) is 4.08. The van der Waals surface area contributed by atoms with Crippen LogP contribution in [0.15, 0.2) is 36.4 Å². The highest BCUT2D eigenvalue weighted by Gasteiger charge is 2.00. The maximum Gasteiger partial charge on any atom is 0.134 e. The lowest BCUT2D eigenvalue weighted by Gasteiger charge is -2.06. The third-order valence-electron chi connectivity index (χ3n) is 2.10. The van der Waals surface area contributed by atoms with Crippen LogP contribution in [0.25, 0.3) is 0 Å². The summed E-state index contributed by atoms with van der Waals surface area (Å²) in [6, 6.07) is 12.3. The Hall–Kier alpha value is -2.25. The van der Waals surface area contributed by atoms with E-state index in [2.05, 4.69) is 16.4 Å². The number of nitrogen functional groups attached to an aromatic ring is 1. The van der Waals surface area contributed by atoms with Gasteiger partial charge in [0.1, 0.15) is 11.0 Å². The van der Waals surface area contributed by atoms with Gasteiger partial charge in [-0.1, -0.05) is 11.6 Å². The van der Waals surface area contributed by atoms with Crippen LogP contribution < -0.4 is 11.1 Å². The standard InChI is InChI=1S/C12H9ClN4/c13-11-5-9(15)6-12(17-11)16-10-3-1-8(7-14)2-4-10/h1-6H,(H3,15,16,17). The van der Waals surface area contributed by atoms with Gasteiger partial charge in [0.25, 0.3) is 0 Å². The molecule has 2 aromatic rings. The highest BCUT2D eigenvalue weighted by Crippen LogP contribution is 2.20. The number of nitriles is 1. The van der Waals surface area contributed by atoms with Crippen LogP contribution in [0.2, 0.25) is 5.15 Å². The van der Waals surface area contributed by atoms with Crippen molar-refractivity contribution in [3.05, 3.63) is 47.1 Å². The molecule has 0 radical (unpaired) electrons. The number of nitrogens with one attached hydrogen (secondary N) is 1. The second kappa shape index (κ2) is 4.73. The average molecular weight is 245 g/mol. The van der Waals surface area contributed by atoms with Gasteiger partial charge in [0.2, 0.25) is 0 Å². The Bertz CT molecular complexity index is 552. The van der Waals surface area contributed by atoms with Gasteiger partial charge >= 0.3 is 0 Å². The topological polar surface area (TPSA) is 74.7 Å². The van der Waals surface area contributed by atoms with Crippen LogP contribution in [-0.2, 0) is 0 Å². The van der Waals surface area contributed by atoms with Gasteiger partial charge in [0.15, 0.2) is 0 Å². The molecule has 0 bridgehead atoms. The Kier molecular flexibility index (Phi) is 3.12. The van der Waals surface area contributed by atoms with Crippen LogP contribution in [-0.4, -0.2) is 4.98 Å². The molecule has 1 heterocycles. The fourth-order valence-corrected chi connectivity index (χ4v) is 1.57. The number of halogens is 1. The minimum atomic E-state index is 0.334. The van der Waals surface area contributed by atoms with E-state index in [1.165, 1.54) is 0 Å². The first-order valence-electron chi connectivity index (χ1n) is 4.87. The van der Waals surface area contributed by atoms with Gasteiger partial charge in [0.05, 0.1) is 11.6 Å². The van der Waals surface area contributed by atoms with Crippen molar-refractivity contribution in [2.45, 2.75) is 0 Å². The van der Waals surface area contributed by atoms with Crippen LogP contribution in [0.3, 0.4) is 0 Å². The molecule has 0 amide bonds. The fourth-order valence-electron chi connectivity index (χ4n) is 1.36. The van der Waals surface area contributed by atoms with Crippen LogP contribution in [0.1, 0.15) is 5.56 Å². The van der Waals surface area contributed by atoms with E-state index in [-0.39, 0.29) is 0 Å². The third kappa shape index (κ3) is 2.86. The van der Waals surface area contributed by atoms with Crippen molar-refractivity contribution in [2.75, 3.05) is 11.1 Å². The highest BCUT2D eigenvalue weighted by atomic mass is 35.5. The number of hydrogen-bond donors (Lipinski definition) is 2. The Morgan fingerprint density at radius 2 is 1.94 bits per heavy atom. The first-order chi connectivity index (χ1) is 8.17. The quantitative estimate of drug-likeness (QED) is 0.797. The zero-order valence-electron chi connectivity index (χ0n) is 8.81. The molecule has 4 nitrogen and oxygen atoms in total. The van der Waals surface area contributed by atoms with Crippen molar-refractivity contribution >= 4 is 28.8 Å². The molecule has 1 aromatic carbocycles. The first-order valence-corrected chi connectivity index (χ1v) is 5.25. The van der Waals surface area contributed by atoms with E-state index in [4.69, 9.17) is 22.6 Å². The number of anilines is 3. The number of pyridine rings is 1. The highest BCUT2D eigenvalue weighted by molar-refractivity contribution is 6.29. The molecular formula is C12H9ClN4. The van der Waals surface area contributed by atoms with E-state index in [1.54, 1.807) is 36.4 Å².